The Bertz CT molecular complexity index is 401. The third kappa shape index (κ3) is 3.60. The summed E-state index contributed by atoms with van der Waals surface area (Å²) < 4.78 is 1.26. The molecule has 0 spiro atoms. The lowest BCUT2D eigenvalue weighted by atomic mass is 9.82. The molecule has 2 aliphatic rings. The first-order valence-corrected chi connectivity index (χ1v) is 9.13. The first-order chi connectivity index (χ1) is 9.33. The molecular formula is C15H23BrN2S. The Kier molecular flexibility index (Phi) is 4.96. The van der Waals surface area contributed by atoms with Gasteiger partial charge in [0, 0.05) is 37.1 Å². The SMILES string of the molecule is Brc1ccc(CN2CCNCC2C2CCCCC2)s1. The molecule has 1 saturated carbocycles. The van der Waals surface area contributed by atoms with E-state index in [4.69, 9.17) is 0 Å². The maximum atomic E-state index is 3.61. The van der Waals surface area contributed by atoms with Gasteiger partial charge in [0.15, 0.2) is 0 Å². The van der Waals surface area contributed by atoms with E-state index in [1.54, 1.807) is 0 Å². The minimum Gasteiger partial charge on any atom is -0.314 e. The first-order valence-electron chi connectivity index (χ1n) is 7.52. The Morgan fingerprint density at radius 2 is 2.11 bits per heavy atom. The fourth-order valence-electron chi connectivity index (χ4n) is 3.58. The van der Waals surface area contributed by atoms with E-state index in [1.807, 2.05) is 11.3 Å². The number of hydrogen-bond donors (Lipinski definition) is 1. The zero-order valence-corrected chi connectivity index (χ0v) is 13.8. The predicted octanol–water partition coefficient (Wildman–Crippen LogP) is 3.86. The highest BCUT2D eigenvalue weighted by Crippen LogP contribution is 2.31. The van der Waals surface area contributed by atoms with Crippen LogP contribution in [-0.2, 0) is 6.54 Å². The van der Waals surface area contributed by atoms with Crippen LogP contribution in [0, 0.1) is 5.92 Å². The Balaban J connectivity index is 1.66. The molecule has 1 atom stereocenters. The number of hydrogen-bond acceptors (Lipinski definition) is 3. The smallest absolute Gasteiger partial charge is 0.0701 e. The topological polar surface area (TPSA) is 15.3 Å². The molecule has 1 unspecified atom stereocenters. The standard InChI is InChI=1S/C15H23BrN2S/c16-15-7-6-13(19-15)11-18-9-8-17-10-14(18)12-4-2-1-3-5-12/h6-7,12,14,17H,1-5,8-11H2. The average Bonchev–Trinajstić information content (AvgIpc) is 2.86. The van der Waals surface area contributed by atoms with Crippen molar-refractivity contribution in [3.8, 4) is 0 Å². The van der Waals surface area contributed by atoms with E-state index >= 15 is 0 Å². The first kappa shape index (κ1) is 14.1. The van der Waals surface area contributed by atoms with Crippen LogP contribution in [0.2, 0.25) is 0 Å². The summed E-state index contributed by atoms with van der Waals surface area (Å²) >= 11 is 5.46. The molecule has 1 aliphatic heterocycles. The van der Waals surface area contributed by atoms with Gasteiger partial charge in [-0.1, -0.05) is 19.3 Å². The van der Waals surface area contributed by atoms with Crippen LogP contribution in [0.25, 0.3) is 0 Å². The zero-order chi connectivity index (χ0) is 13.1. The molecule has 2 heterocycles. The highest BCUT2D eigenvalue weighted by molar-refractivity contribution is 9.11. The summed E-state index contributed by atoms with van der Waals surface area (Å²) in [4.78, 5) is 4.22. The van der Waals surface area contributed by atoms with Crippen molar-refractivity contribution in [1.29, 1.82) is 0 Å². The molecule has 3 rings (SSSR count). The summed E-state index contributed by atoms with van der Waals surface area (Å²) in [6.45, 7) is 4.68. The van der Waals surface area contributed by atoms with Crippen molar-refractivity contribution >= 4 is 27.3 Å². The summed E-state index contributed by atoms with van der Waals surface area (Å²) in [7, 11) is 0. The fourth-order valence-corrected chi connectivity index (χ4v) is 5.09. The number of rotatable bonds is 3. The second kappa shape index (κ2) is 6.70. The van der Waals surface area contributed by atoms with Crippen LogP contribution in [0.1, 0.15) is 37.0 Å². The summed E-state index contributed by atoms with van der Waals surface area (Å²) in [5, 5.41) is 3.61. The van der Waals surface area contributed by atoms with Gasteiger partial charge in [-0.25, -0.2) is 0 Å². The van der Waals surface area contributed by atoms with E-state index in [2.05, 4.69) is 38.3 Å². The molecule has 2 nitrogen and oxygen atoms in total. The van der Waals surface area contributed by atoms with Gasteiger partial charge in [0.25, 0.3) is 0 Å². The van der Waals surface area contributed by atoms with Crippen LogP contribution in [0.4, 0.5) is 0 Å². The molecular weight excluding hydrogens is 320 g/mol. The van der Waals surface area contributed by atoms with Gasteiger partial charge in [0.2, 0.25) is 0 Å². The summed E-state index contributed by atoms with van der Waals surface area (Å²) in [5.74, 6) is 0.921. The van der Waals surface area contributed by atoms with Gasteiger partial charge in [-0.2, -0.15) is 0 Å². The van der Waals surface area contributed by atoms with Gasteiger partial charge >= 0.3 is 0 Å². The maximum Gasteiger partial charge on any atom is 0.0701 e. The lowest BCUT2D eigenvalue weighted by Crippen LogP contribution is -2.54. The highest BCUT2D eigenvalue weighted by Gasteiger charge is 2.30. The monoisotopic (exact) mass is 342 g/mol. The van der Waals surface area contributed by atoms with Crippen molar-refractivity contribution in [2.45, 2.75) is 44.7 Å². The number of piperazine rings is 1. The quantitative estimate of drug-likeness (QED) is 0.896. The molecule has 2 fully saturated rings. The van der Waals surface area contributed by atoms with Gasteiger partial charge in [0.1, 0.15) is 0 Å². The van der Waals surface area contributed by atoms with Crippen LogP contribution in [0.15, 0.2) is 15.9 Å². The van der Waals surface area contributed by atoms with Crippen LogP contribution in [-0.4, -0.2) is 30.6 Å². The number of nitrogens with zero attached hydrogens (tertiary/aromatic N) is 1. The normalized spacial score (nSPS) is 26.7. The molecule has 0 amide bonds. The number of halogens is 1. The molecule has 1 aromatic heterocycles. The van der Waals surface area contributed by atoms with Crippen LogP contribution >= 0.6 is 27.3 Å². The lowest BCUT2D eigenvalue weighted by molar-refractivity contribution is 0.0869. The van der Waals surface area contributed by atoms with Crippen LogP contribution < -0.4 is 5.32 Å². The van der Waals surface area contributed by atoms with E-state index in [-0.39, 0.29) is 0 Å². The maximum absolute atomic E-state index is 3.61. The third-order valence-electron chi connectivity index (χ3n) is 4.58. The van der Waals surface area contributed by atoms with Crippen molar-refractivity contribution in [1.82, 2.24) is 10.2 Å². The number of nitrogens with one attached hydrogen (secondary N) is 1. The Morgan fingerprint density at radius 3 is 2.84 bits per heavy atom. The van der Waals surface area contributed by atoms with Crippen molar-refractivity contribution in [3.05, 3.63) is 20.8 Å². The summed E-state index contributed by atoms with van der Waals surface area (Å²) in [5.41, 5.74) is 0. The van der Waals surface area contributed by atoms with E-state index in [0.717, 1.165) is 25.0 Å². The Hall–Kier alpha value is 0.1000. The fraction of sp³-hybridized carbons (Fsp3) is 0.733. The molecule has 0 bridgehead atoms. The van der Waals surface area contributed by atoms with Gasteiger partial charge in [-0.3, -0.25) is 4.90 Å². The largest absolute Gasteiger partial charge is 0.314 e. The average molecular weight is 343 g/mol. The van der Waals surface area contributed by atoms with Gasteiger partial charge < -0.3 is 5.32 Å². The minimum atomic E-state index is 0.759. The molecule has 19 heavy (non-hydrogen) atoms. The van der Waals surface area contributed by atoms with Crippen molar-refractivity contribution in [2.24, 2.45) is 5.92 Å². The van der Waals surface area contributed by atoms with Crippen molar-refractivity contribution in [2.75, 3.05) is 19.6 Å². The molecule has 1 N–H and O–H groups in total. The molecule has 4 heteroatoms. The predicted molar refractivity (Wildman–Crippen MR) is 85.7 cm³/mol. The molecule has 1 aromatic rings. The van der Waals surface area contributed by atoms with Crippen molar-refractivity contribution < 1.29 is 0 Å². The van der Waals surface area contributed by atoms with E-state index in [1.165, 1.54) is 53.9 Å². The van der Waals surface area contributed by atoms with Gasteiger partial charge in [0.05, 0.1) is 3.79 Å². The van der Waals surface area contributed by atoms with Crippen molar-refractivity contribution in [3.63, 3.8) is 0 Å². The summed E-state index contributed by atoms with van der Waals surface area (Å²) in [6.07, 6.45) is 7.22. The molecule has 106 valence electrons. The lowest BCUT2D eigenvalue weighted by Gasteiger charge is -2.42. The van der Waals surface area contributed by atoms with E-state index in [0.29, 0.717) is 0 Å². The van der Waals surface area contributed by atoms with E-state index in [9.17, 15) is 0 Å². The third-order valence-corrected chi connectivity index (χ3v) is 6.19. The summed E-state index contributed by atoms with van der Waals surface area (Å²) in [6, 6.07) is 5.21. The van der Waals surface area contributed by atoms with Gasteiger partial charge in [-0.15, -0.1) is 11.3 Å². The Labute approximate surface area is 128 Å². The van der Waals surface area contributed by atoms with E-state index < -0.39 is 0 Å². The zero-order valence-electron chi connectivity index (χ0n) is 11.4. The molecule has 0 aromatic carbocycles. The number of thiophene rings is 1. The molecule has 1 saturated heterocycles. The van der Waals surface area contributed by atoms with Crippen LogP contribution in [0.3, 0.4) is 0 Å². The second-order valence-electron chi connectivity index (χ2n) is 5.85. The second-order valence-corrected chi connectivity index (χ2v) is 8.39. The minimum absolute atomic E-state index is 0.759. The molecule has 1 aliphatic carbocycles. The van der Waals surface area contributed by atoms with Crippen LogP contribution in [0.5, 0.6) is 0 Å². The Morgan fingerprint density at radius 1 is 1.26 bits per heavy atom. The molecule has 0 radical (unpaired) electrons. The highest BCUT2D eigenvalue weighted by atomic mass is 79.9. The van der Waals surface area contributed by atoms with Gasteiger partial charge in [-0.05, 0) is 46.8 Å².